The standard InChI is InChI=1S/C16H19N3O3S/c20-8-7-19(10-13-6-9-23-12-13)11-15(21)18-16(22)17-14-4-2-1-3-5-14/h1-6,9,12,20H,7-8,10-11H2,(H2,17,18,21,22). The Hall–Kier alpha value is -2.22. The van der Waals surface area contributed by atoms with Crippen LogP contribution in [0.3, 0.4) is 0 Å². The van der Waals surface area contributed by atoms with Gasteiger partial charge in [0.2, 0.25) is 5.91 Å². The molecule has 1 heterocycles. The van der Waals surface area contributed by atoms with Gasteiger partial charge in [0.15, 0.2) is 0 Å². The number of hydrogen-bond donors (Lipinski definition) is 3. The number of imide groups is 1. The molecular weight excluding hydrogens is 314 g/mol. The number of carbonyl (C=O) groups is 2. The van der Waals surface area contributed by atoms with Gasteiger partial charge in [0.05, 0.1) is 13.2 Å². The number of benzene rings is 1. The molecule has 23 heavy (non-hydrogen) atoms. The van der Waals surface area contributed by atoms with E-state index in [4.69, 9.17) is 5.11 Å². The van der Waals surface area contributed by atoms with Crippen LogP contribution in [0.2, 0.25) is 0 Å². The molecule has 0 atom stereocenters. The second-order valence-electron chi connectivity index (χ2n) is 4.93. The highest BCUT2D eigenvalue weighted by Gasteiger charge is 2.13. The largest absolute Gasteiger partial charge is 0.395 e. The van der Waals surface area contributed by atoms with Crippen molar-refractivity contribution in [3.05, 3.63) is 52.7 Å². The summed E-state index contributed by atoms with van der Waals surface area (Å²) in [6.07, 6.45) is 0. The number of nitrogens with one attached hydrogen (secondary N) is 2. The van der Waals surface area contributed by atoms with Crippen LogP contribution in [0.5, 0.6) is 0 Å². The molecule has 2 aromatic rings. The average molecular weight is 333 g/mol. The Morgan fingerprint density at radius 2 is 1.96 bits per heavy atom. The summed E-state index contributed by atoms with van der Waals surface area (Å²) in [5.74, 6) is -0.415. The van der Waals surface area contributed by atoms with Crippen molar-refractivity contribution in [3.63, 3.8) is 0 Å². The van der Waals surface area contributed by atoms with E-state index in [1.165, 1.54) is 0 Å². The van der Waals surface area contributed by atoms with Gasteiger partial charge in [-0.3, -0.25) is 15.0 Å². The number of carbonyl (C=O) groups excluding carboxylic acids is 2. The average Bonchev–Trinajstić information content (AvgIpc) is 3.01. The van der Waals surface area contributed by atoms with Crippen molar-refractivity contribution in [2.24, 2.45) is 0 Å². The highest BCUT2D eigenvalue weighted by molar-refractivity contribution is 7.07. The normalized spacial score (nSPS) is 10.5. The number of hydrogen-bond acceptors (Lipinski definition) is 5. The monoisotopic (exact) mass is 333 g/mol. The minimum Gasteiger partial charge on any atom is -0.395 e. The van der Waals surface area contributed by atoms with E-state index < -0.39 is 11.9 Å². The molecule has 6 nitrogen and oxygen atoms in total. The summed E-state index contributed by atoms with van der Waals surface area (Å²) in [7, 11) is 0. The van der Waals surface area contributed by atoms with Crippen molar-refractivity contribution in [1.29, 1.82) is 0 Å². The van der Waals surface area contributed by atoms with Gasteiger partial charge in [-0.1, -0.05) is 18.2 Å². The quantitative estimate of drug-likeness (QED) is 0.723. The fourth-order valence-electron chi connectivity index (χ4n) is 2.05. The van der Waals surface area contributed by atoms with Crippen LogP contribution in [-0.2, 0) is 11.3 Å². The lowest BCUT2D eigenvalue weighted by Crippen LogP contribution is -2.42. The molecular formula is C16H19N3O3S. The van der Waals surface area contributed by atoms with E-state index in [-0.39, 0.29) is 13.2 Å². The lowest BCUT2D eigenvalue weighted by Gasteiger charge is -2.20. The summed E-state index contributed by atoms with van der Waals surface area (Å²) in [5, 5.41) is 17.9. The molecule has 0 unspecified atom stereocenters. The predicted molar refractivity (Wildman–Crippen MR) is 90.3 cm³/mol. The van der Waals surface area contributed by atoms with Gasteiger partial charge in [0, 0.05) is 18.8 Å². The molecule has 7 heteroatoms. The van der Waals surface area contributed by atoms with Crippen LogP contribution in [0.4, 0.5) is 10.5 Å². The third-order valence-electron chi connectivity index (χ3n) is 3.05. The van der Waals surface area contributed by atoms with Gasteiger partial charge in [0.1, 0.15) is 0 Å². The number of thiophene rings is 1. The number of aliphatic hydroxyl groups excluding tert-OH is 1. The molecule has 2 rings (SSSR count). The van der Waals surface area contributed by atoms with Crippen LogP contribution in [0.15, 0.2) is 47.2 Å². The zero-order valence-electron chi connectivity index (χ0n) is 12.6. The maximum absolute atomic E-state index is 12.0. The fraction of sp³-hybridized carbons (Fsp3) is 0.250. The van der Waals surface area contributed by atoms with Crippen LogP contribution in [0, 0.1) is 0 Å². The zero-order chi connectivity index (χ0) is 16.5. The molecule has 0 fully saturated rings. The molecule has 1 aromatic carbocycles. The van der Waals surface area contributed by atoms with Crippen molar-refractivity contribution >= 4 is 29.0 Å². The van der Waals surface area contributed by atoms with Crippen LogP contribution >= 0.6 is 11.3 Å². The first-order chi connectivity index (χ1) is 11.2. The number of urea groups is 1. The lowest BCUT2D eigenvalue weighted by atomic mass is 10.3. The first kappa shape index (κ1) is 17.1. The van der Waals surface area contributed by atoms with E-state index >= 15 is 0 Å². The third-order valence-corrected chi connectivity index (χ3v) is 3.79. The highest BCUT2D eigenvalue weighted by atomic mass is 32.1. The summed E-state index contributed by atoms with van der Waals surface area (Å²) in [6.45, 7) is 0.910. The van der Waals surface area contributed by atoms with Crippen LogP contribution < -0.4 is 10.6 Å². The van der Waals surface area contributed by atoms with E-state index in [1.807, 2.05) is 22.9 Å². The molecule has 0 bridgehead atoms. The number of para-hydroxylation sites is 1. The number of anilines is 1. The molecule has 0 aliphatic rings. The second kappa shape index (κ2) is 9.04. The number of rotatable bonds is 7. The van der Waals surface area contributed by atoms with Crippen LogP contribution in [-0.4, -0.2) is 41.6 Å². The van der Waals surface area contributed by atoms with E-state index in [1.54, 1.807) is 40.5 Å². The summed E-state index contributed by atoms with van der Waals surface area (Å²) in [4.78, 5) is 25.5. The molecule has 0 saturated heterocycles. The molecule has 0 aliphatic carbocycles. The fourth-order valence-corrected chi connectivity index (χ4v) is 2.71. The number of amides is 3. The Morgan fingerprint density at radius 3 is 2.61 bits per heavy atom. The maximum Gasteiger partial charge on any atom is 0.325 e. The topological polar surface area (TPSA) is 81.7 Å². The van der Waals surface area contributed by atoms with Crippen molar-refractivity contribution in [2.75, 3.05) is 25.0 Å². The number of nitrogens with zero attached hydrogens (tertiary/aromatic N) is 1. The van der Waals surface area contributed by atoms with Crippen LogP contribution in [0.1, 0.15) is 5.56 Å². The first-order valence-electron chi connectivity index (χ1n) is 7.17. The first-order valence-corrected chi connectivity index (χ1v) is 8.12. The molecule has 0 aliphatic heterocycles. The molecule has 0 radical (unpaired) electrons. The molecule has 3 amide bonds. The SMILES string of the molecule is O=C(CN(CCO)Cc1ccsc1)NC(=O)Nc1ccccc1. The van der Waals surface area contributed by atoms with Gasteiger partial charge in [-0.2, -0.15) is 11.3 Å². The minimum atomic E-state index is -0.569. The molecule has 0 spiro atoms. The third kappa shape index (κ3) is 6.19. The van der Waals surface area contributed by atoms with Crippen molar-refractivity contribution < 1.29 is 14.7 Å². The van der Waals surface area contributed by atoms with E-state index in [0.29, 0.717) is 18.8 Å². The van der Waals surface area contributed by atoms with Crippen molar-refractivity contribution in [2.45, 2.75) is 6.54 Å². The van der Waals surface area contributed by atoms with E-state index in [2.05, 4.69) is 10.6 Å². The Balaban J connectivity index is 1.82. The maximum atomic E-state index is 12.0. The molecule has 122 valence electrons. The molecule has 1 aromatic heterocycles. The lowest BCUT2D eigenvalue weighted by molar-refractivity contribution is -0.121. The van der Waals surface area contributed by atoms with Gasteiger partial charge >= 0.3 is 6.03 Å². The highest BCUT2D eigenvalue weighted by Crippen LogP contribution is 2.09. The van der Waals surface area contributed by atoms with Crippen LogP contribution in [0.25, 0.3) is 0 Å². The minimum absolute atomic E-state index is 0.0403. The molecule has 0 saturated carbocycles. The van der Waals surface area contributed by atoms with Gasteiger partial charge < -0.3 is 10.4 Å². The smallest absolute Gasteiger partial charge is 0.325 e. The van der Waals surface area contributed by atoms with Gasteiger partial charge in [-0.25, -0.2) is 4.79 Å². The van der Waals surface area contributed by atoms with Crippen molar-refractivity contribution in [1.82, 2.24) is 10.2 Å². The summed E-state index contributed by atoms with van der Waals surface area (Å²) >= 11 is 1.58. The van der Waals surface area contributed by atoms with E-state index in [0.717, 1.165) is 5.56 Å². The predicted octanol–water partition coefficient (Wildman–Crippen LogP) is 1.89. The van der Waals surface area contributed by atoms with Gasteiger partial charge in [-0.15, -0.1) is 0 Å². The molecule has 3 N–H and O–H groups in total. The van der Waals surface area contributed by atoms with E-state index in [9.17, 15) is 9.59 Å². The summed E-state index contributed by atoms with van der Waals surface area (Å²) in [6, 6.07) is 10.3. The Morgan fingerprint density at radius 1 is 1.17 bits per heavy atom. The Bertz CT molecular complexity index is 617. The Labute approximate surface area is 138 Å². The summed E-state index contributed by atoms with van der Waals surface area (Å²) < 4.78 is 0. The number of aliphatic hydroxyl groups is 1. The second-order valence-corrected chi connectivity index (χ2v) is 5.71. The van der Waals surface area contributed by atoms with Crippen molar-refractivity contribution in [3.8, 4) is 0 Å². The van der Waals surface area contributed by atoms with Gasteiger partial charge in [-0.05, 0) is 34.5 Å². The summed E-state index contributed by atoms with van der Waals surface area (Å²) in [5.41, 5.74) is 1.69. The zero-order valence-corrected chi connectivity index (χ0v) is 13.4. The van der Waals surface area contributed by atoms with Gasteiger partial charge in [0.25, 0.3) is 0 Å². The Kier molecular flexibility index (Phi) is 6.74.